The van der Waals surface area contributed by atoms with E-state index in [0.29, 0.717) is 12.9 Å². The zero-order valence-corrected chi connectivity index (χ0v) is 16.7. The molecule has 0 saturated carbocycles. The smallest absolute Gasteiger partial charge is 0.261 e. The van der Waals surface area contributed by atoms with E-state index in [4.69, 9.17) is 9.66 Å². The SMILES string of the molecule is CCCCCC/C=C\CCCCCCCCCCO.CS(=O)(=O)O. The van der Waals surface area contributed by atoms with Gasteiger partial charge in [0.25, 0.3) is 10.1 Å². The first-order valence-corrected chi connectivity index (χ1v) is 11.4. The first-order chi connectivity index (χ1) is 11.4. The van der Waals surface area contributed by atoms with Gasteiger partial charge in [0.05, 0.1) is 6.26 Å². The van der Waals surface area contributed by atoms with E-state index in [1.54, 1.807) is 0 Å². The zero-order chi connectivity index (χ0) is 18.5. The van der Waals surface area contributed by atoms with E-state index >= 15 is 0 Å². The van der Waals surface area contributed by atoms with E-state index < -0.39 is 10.1 Å². The molecular weight excluding hydrogens is 324 g/mol. The monoisotopic (exact) mass is 364 g/mol. The summed E-state index contributed by atoms with van der Waals surface area (Å²) in [6.07, 6.45) is 23.9. The molecular formula is C19H40O4S. The molecule has 0 bridgehead atoms. The quantitative estimate of drug-likeness (QED) is 0.228. The molecule has 0 radical (unpaired) electrons. The van der Waals surface area contributed by atoms with E-state index in [9.17, 15) is 8.42 Å². The molecule has 0 aromatic rings. The van der Waals surface area contributed by atoms with Gasteiger partial charge in [0.2, 0.25) is 0 Å². The summed E-state index contributed by atoms with van der Waals surface area (Å²) in [6.45, 7) is 2.63. The second-order valence-corrected chi connectivity index (χ2v) is 7.86. The number of aliphatic hydroxyl groups is 1. The molecule has 5 heteroatoms. The summed E-state index contributed by atoms with van der Waals surface area (Å²) >= 11 is 0. The van der Waals surface area contributed by atoms with Crippen molar-refractivity contribution in [1.82, 2.24) is 0 Å². The van der Waals surface area contributed by atoms with Gasteiger partial charge in [0.1, 0.15) is 0 Å². The van der Waals surface area contributed by atoms with Crippen molar-refractivity contribution >= 4 is 10.1 Å². The zero-order valence-electron chi connectivity index (χ0n) is 15.9. The maximum Gasteiger partial charge on any atom is 0.261 e. The normalized spacial score (nSPS) is 11.5. The molecule has 0 saturated heterocycles. The summed E-state index contributed by atoms with van der Waals surface area (Å²) in [4.78, 5) is 0. The molecule has 0 aromatic carbocycles. The van der Waals surface area contributed by atoms with Gasteiger partial charge in [-0.1, -0.05) is 76.9 Å². The van der Waals surface area contributed by atoms with Gasteiger partial charge in [0.15, 0.2) is 0 Å². The number of unbranched alkanes of at least 4 members (excludes halogenated alkanes) is 12. The molecule has 24 heavy (non-hydrogen) atoms. The Morgan fingerprint density at radius 3 is 1.42 bits per heavy atom. The van der Waals surface area contributed by atoms with Crippen LogP contribution in [0.2, 0.25) is 0 Å². The number of allylic oxidation sites excluding steroid dienone is 2. The molecule has 0 heterocycles. The van der Waals surface area contributed by atoms with Crippen LogP contribution >= 0.6 is 0 Å². The number of hydrogen-bond acceptors (Lipinski definition) is 3. The van der Waals surface area contributed by atoms with E-state index in [-0.39, 0.29) is 0 Å². The Morgan fingerprint density at radius 1 is 0.708 bits per heavy atom. The largest absolute Gasteiger partial charge is 0.396 e. The Labute approximate surface area is 150 Å². The molecule has 0 rings (SSSR count). The third-order valence-corrected chi connectivity index (χ3v) is 3.67. The number of rotatable bonds is 15. The van der Waals surface area contributed by atoms with Crippen LogP contribution in [0.25, 0.3) is 0 Å². The summed E-state index contributed by atoms with van der Waals surface area (Å²) in [5.41, 5.74) is 0. The first-order valence-electron chi connectivity index (χ1n) is 9.60. The summed E-state index contributed by atoms with van der Waals surface area (Å²) in [6, 6.07) is 0. The third-order valence-electron chi connectivity index (χ3n) is 3.67. The summed E-state index contributed by atoms with van der Waals surface area (Å²) in [7, 11) is -3.67. The Kier molecular flexibility index (Phi) is 22.2. The lowest BCUT2D eigenvalue weighted by Crippen LogP contribution is -1.88. The minimum Gasteiger partial charge on any atom is -0.396 e. The highest BCUT2D eigenvalue weighted by Crippen LogP contribution is 2.10. The fraction of sp³-hybridized carbons (Fsp3) is 0.895. The van der Waals surface area contributed by atoms with Crippen molar-refractivity contribution in [1.29, 1.82) is 0 Å². The molecule has 2 N–H and O–H groups in total. The maximum atomic E-state index is 9.19. The molecule has 0 aliphatic heterocycles. The average molecular weight is 365 g/mol. The van der Waals surface area contributed by atoms with E-state index in [0.717, 1.165) is 6.42 Å². The van der Waals surface area contributed by atoms with Gasteiger partial charge in [-0.15, -0.1) is 0 Å². The lowest BCUT2D eigenvalue weighted by atomic mass is 10.1. The molecule has 4 nitrogen and oxygen atoms in total. The number of hydrogen-bond donors (Lipinski definition) is 2. The van der Waals surface area contributed by atoms with Crippen LogP contribution in [0.5, 0.6) is 0 Å². The number of aliphatic hydroxyl groups excluding tert-OH is 1. The summed E-state index contributed by atoms with van der Waals surface area (Å²) in [5, 5.41) is 8.66. The maximum absolute atomic E-state index is 9.19. The van der Waals surface area contributed by atoms with Gasteiger partial charge in [-0.25, -0.2) is 0 Å². The van der Waals surface area contributed by atoms with Gasteiger partial charge >= 0.3 is 0 Å². The summed E-state index contributed by atoms with van der Waals surface area (Å²) < 4.78 is 25.9. The van der Waals surface area contributed by atoms with Crippen molar-refractivity contribution in [2.45, 2.75) is 96.8 Å². The highest BCUT2D eigenvalue weighted by molar-refractivity contribution is 7.85. The molecule has 0 fully saturated rings. The van der Waals surface area contributed by atoms with Crippen LogP contribution in [0.4, 0.5) is 0 Å². The Balaban J connectivity index is 0. The third kappa shape index (κ3) is 37.7. The fourth-order valence-electron chi connectivity index (χ4n) is 2.36. The van der Waals surface area contributed by atoms with Crippen LogP contribution in [0.3, 0.4) is 0 Å². The van der Waals surface area contributed by atoms with Crippen molar-refractivity contribution in [3.63, 3.8) is 0 Å². The van der Waals surface area contributed by atoms with Crippen LogP contribution < -0.4 is 0 Å². The van der Waals surface area contributed by atoms with Crippen LogP contribution in [0.15, 0.2) is 12.2 Å². The van der Waals surface area contributed by atoms with Crippen molar-refractivity contribution in [2.75, 3.05) is 12.9 Å². The van der Waals surface area contributed by atoms with Crippen LogP contribution in [-0.4, -0.2) is 30.9 Å². The van der Waals surface area contributed by atoms with Gasteiger partial charge in [-0.05, 0) is 32.1 Å². The van der Waals surface area contributed by atoms with E-state index in [2.05, 4.69) is 19.1 Å². The second kappa shape index (κ2) is 20.7. The molecule has 0 atom stereocenters. The standard InChI is InChI=1S/C18H36O.CH4O3S/c1-2-3-4-5-6-7-8-9-10-11-12-13-14-15-16-17-18-19;1-5(2,3)4/h7-8,19H,2-6,9-18H2,1H3;1H3,(H,2,3,4)/b8-7-;. The molecule has 0 aliphatic rings. The minimum absolute atomic E-state index is 0.366. The van der Waals surface area contributed by atoms with Gasteiger partial charge in [-0.3, -0.25) is 4.55 Å². The Morgan fingerprint density at radius 2 is 1.04 bits per heavy atom. The van der Waals surface area contributed by atoms with E-state index in [1.165, 1.54) is 83.5 Å². The predicted octanol–water partition coefficient (Wildman–Crippen LogP) is 5.52. The highest BCUT2D eigenvalue weighted by atomic mass is 32.2. The molecule has 0 aromatic heterocycles. The van der Waals surface area contributed by atoms with Crippen LogP contribution in [0, 0.1) is 0 Å². The highest BCUT2D eigenvalue weighted by Gasteiger charge is 1.91. The van der Waals surface area contributed by atoms with Crippen LogP contribution in [0.1, 0.15) is 96.8 Å². The summed E-state index contributed by atoms with van der Waals surface area (Å²) in [5.74, 6) is 0. The molecule has 0 amide bonds. The predicted molar refractivity (Wildman–Crippen MR) is 104 cm³/mol. The first kappa shape index (κ1) is 25.8. The Hall–Kier alpha value is -0.390. The van der Waals surface area contributed by atoms with Gasteiger partial charge in [0, 0.05) is 6.61 Å². The van der Waals surface area contributed by atoms with Crippen molar-refractivity contribution in [2.24, 2.45) is 0 Å². The van der Waals surface area contributed by atoms with Gasteiger partial charge in [-0.2, -0.15) is 8.42 Å². The van der Waals surface area contributed by atoms with Crippen molar-refractivity contribution < 1.29 is 18.1 Å². The average Bonchev–Trinajstić information content (AvgIpc) is 2.49. The molecule has 0 spiro atoms. The van der Waals surface area contributed by atoms with Crippen LogP contribution in [-0.2, 0) is 10.1 Å². The molecule has 0 aliphatic carbocycles. The van der Waals surface area contributed by atoms with E-state index in [1.807, 2.05) is 0 Å². The second-order valence-electron chi connectivity index (χ2n) is 6.39. The fourth-order valence-corrected chi connectivity index (χ4v) is 2.36. The topological polar surface area (TPSA) is 74.6 Å². The van der Waals surface area contributed by atoms with Gasteiger partial charge < -0.3 is 5.11 Å². The molecule has 0 unspecified atom stereocenters. The lowest BCUT2D eigenvalue weighted by Gasteiger charge is -2.00. The Bertz CT molecular complexity index is 342. The van der Waals surface area contributed by atoms with Crippen molar-refractivity contribution in [3.05, 3.63) is 12.2 Å². The molecule has 146 valence electrons. The minimum atomic E-state index is -3.67. The van der Waals surface area contributed by atoms with Crippen molar-refractivity contribution in [3.8, 4) is 0 Å². The lowest BCUT2D eigenvalue weighted by molar-refractivity contribution is 0.282.